The standard InChI is InChI=1S/C13H18FNO2/c1-17-12-3-2-10(6-11(12)14)7-15-8-13(9-16)4-5-13/h2-3,6,15-16H,4-5,7-9H2,1H3. The maximum Gasteiger partial charge on any atom is 0.165 e. The molecule has 1 aromatic carbocycles. The van der Waals surface area contributed by atoms with Crippen molar-refractivity contribution < 1.29 is 14.2 Å². The summed E-state index contributed by atoms with van der Waals surface area (Å²) in [7, 11) is 1.45. The lowest BCUT2D eigenvalue weighted by Crippen LogP contribution is -2.26. The van der Waals surface area contributed by atoms with Crippen LogP contribution in [0.25, 0.3) is 0 Å². The van der Waals surface area contributed by atoms with Gasteiger partial charge in [-0.05, 0) is 30.5 Å². The van der Waals surface area contributed by atoms with Gasteiger partial charge in [0, 0.05) is 25.1 Å². The minimum atomic E-state index is -0.338. The molecule has 1 aromatic rings. The minimum Gasteiger partial charge on any atom is -0.494 e. The number of hydrogen-bond acceptors (Lipinski definition) is 3. The lowest BCUT2D eigenvalue weighted by atomic mass is 10.1. The molecule has 2 rings (SSSR count). The van der Waals surface area contributed by atoms with Crippen LogP contribution in [0.3, 0.4) is 0 Å². The first-order chi connectivity index (χ1) is 8.19. The van der Waals surface area contributed by atoms with E-state index in [1.54, 1.807) is 6.07 Å². The van der Waals surface area contributed by atoms with Gasteiger partial charge in [0.2, 0.25) is 0 Å². The molecule has 3 nitrogen and oxygen atoms in total. The van der Waals surface area contributed by atoms with Gasteiger partial charge < -0.3 is 15.2 Å². The van der Waals surface area contributed by atoms with E-state index in [4.69, 9.17) is 9.84 Å². The fourth-order valence-corrected chi connectivity index (χ4v) is 1.86. The van der Waals surface area contributed by atoms with Crippen LogP contribution in [0.1, 0.15) is 18.4 Å². The average molecular weight is 239 g/mol. The molecule has 0 atom stereocenters. The van der Waals surface area contributed by atoms with E-state index in [-0.39, 0.29) is 23.6 Å². The number of methoxy groups -OCH3 is 1. The Hall–Kier alpha value is -1.13. The molecule has 1 aliphatic rings. The number of aliphatic hydroxyl groups is 1. The average Bonchev–Trinajstić information content (AvgIpc) is 3.10. The van der Waals surface area contributed by atoms with Crippen molar-refractivity contribution in [2.75, 3.05) is 20.3 Å². The Labute approximate surface area is 101 Å². The Bertz CT molecular complexity index is 391. The first kappa shape index (κ1) is 12.3. The molecule has 4 heteroatoms. The summed E-state index contributed by atoms with van der Waals surface area (Å²) in [5.41, 5.74) is 0.974. The summed E-state index contributed by atoms with van der Waals surface area (Å²) in [6.07, 6.45) is 2.15. The van der Waals surface area contributed by atoms with Gasteiger partial charge in [-0.15, -0.1) is 0 Å². The third-order valence-corrected chi connectivity index (χ3v) is 3.34. The molecule has 1 saturated carbocycles. The highest BCUT2D eigenvalue weighted by Gasteiger charge is 2.41. The molecule has 0 unspecified atom stereocenters. The number of ether oxygens (including phenoxy) is 1. The molecule has 0 bridgehead atoms. The van der Waals surface area contributed by atoms with Crippen molar-refractivity contribution in [2.24, 2.45) is 5.41 Å². The number of nitrogens with one attached hydrogen (secondary N) is 1. The summed E-state index contributed by atoms with van der Waals surface area (Å²) in [4.78, 5) is 0. The fraction of sp³-hybridized carbons (Fsp3) is 0.538. The maximum atomic E-state index is 13.4. The Balaban J connectivity index is 1.85. The predicted molar refractivity (Wildman–Crippen MR) is 63.4 cm³/mol. The van der Waals surface area contributed by atoms with Crippen LogP contribution in [-0.4, -0.2) is 25.4 Å². The molecule has 0 aromatic heterocycles. The normalized spacial score (nSPS) is 16.9. The van der Waals surface area contributed by atoms with Gasteiger partial charge in [0.1, 0.15) is 0 Å². The van der Waals surface area contributed by atoms with E-state index < -0.39 is 0 Å². The van der Waals surface area contributed by atoms with Gasteiger partial charge in [0.05, 0.1) is 7.11 Å². The zero-order chi connectivity index (χ0) is 12.3. The summed E-state index contributed by atoms with van der Waals surface area (Å²) < 4.78 is 18.3. The zero-order valence-electron chi connectivity index (χ0n) is 10.0. The largest absolute Gasteiger partial charge is 0.494 e. The van der Waals surface area contributed by atoms with Gasteiger partial charge in [-0.3, -0.25) is 0 Å². The van der Waals surface area contributed by atoms with E-state index in [1.165, 1.54) is 13.2 Å². The highest BCUT2D eigenvalue weighted by Crippen LogP contribution is 2.44. The number of aliphatic hydroxyl groups excluding tert-OH is 1. The second-order valence-corrected chi connectivity index (χ2v) is 4.73. The second-order valence-electron chi connectivity index (χ2n) is 4.73. The van der Waals surface area contributed by atoms with Crippen molar-refractivity contribution >= 4 is 0 Å². The Kier molecular flexibility index (Phi) is 3.64. The van der Waals surface area contributed by atoms with Crippen molar-refractivity contribution in [2.45, 2.75) is 19.4 Å². The molecule has 94 valence electrons. The molecular formula is C13H18FNO2. The summed E-state index contributed by atoms with van der Waals surface area (Å²) in [6, 6.07) is 4.95. The third kappa shape index (κ3) is 2.96. The predicted octanol–water partition coefficient (Wildman–Crippen LogP) is 1.70. The van der Waals surface area contributed by atoms with Crippen LogP contribution >= 0.6 is 0 Å². The van der Waals surface area contributed by atoms with Gasteiger partial charge in [0.25, 0.3) is 0 Å². The van der Waals surface area contributed by atoms with E-state index in [0.717, 1.165) is 24.9 Å². The van der Waals surface area contributed by atoms with Crippen LogP contribution in [-0.2, 0) is 6.54 Å². The molecule has 2 N–H and O–H groups in total. The van der Waals surface area contributed by atoms with E-state index >= 15 is 0 Å². The Morgan fingerprint density at radius 2 is 2.24 bits per heavy atom. The molecule has 0 radical (unpaired) electrons. The summed E-state index contributed by atoms with van der Waals surface area (Å²) in [6.45, 7) is 1.64. The Morgan fingerprint density at radius 3 is 2.76 bits per heavy atom. The fourth-order valence-electron chi connectivity index (χ4n) is 1.86. The summed E-state index contributed by atoms with van der Waals surface area (Å²) in [5.74, 6) is -0.0714. The quantitative estimate of drug-likeness (QED) is 0.794. The molecular weight excluding hydrogens is 221 g/mol. The van der Waals surface area contributed by atoms with Crippen molar-refractivity contribution in [3.8, 4) is 5.75 Å². The minimum absolute atomic E-state index is 0.0883. The van der Waals surface area contributed by atoms with E-state index in [0.29, 0.717) is 6.54 Å². The topological polar surface area (TPSA) is 41.5 Å². The maximum absolute atomic E-state index is 13.4. The molecule has 0 amide bonds. The highest BCUT2D eigenvalue weighted by atomic mass is 19.1. The molecule has 0 spiro atoms. The van der Waals surface area contributed by atoms with Crippen LogP contribution in [0.5, 0.6) is 5.75 Å². The van der Waals surface area contributed by atoms with Gasteiger partial charge in [-0.25, -0.2) is 4.39 Å². The summed E-state index contributed by atoms with van der Waals surface area (Å²) >= 11 is 0. The van der Waals surface area contributed by atoms with E-state index in [9.17, 15) is 4.39 Å². The molecule has 0 saturated heterocycles. The van der Waals surface area contributed by atoms with Crippen molar-refractivity contribution in [3.05, 3.63) is 29.6 Å². The summed E-state index contributed by atoms with van der Waals surface area (Å²) in [5, 5.41) is 12.4. The Morgan fingerprint density at radius 1 is 1.47 bits per heavy atom. The number of benzene rings is 1. The number of hydrogen-bond donors (Lipinski definition) is 2. The number of halogens is 1. The first-order valence-corrected chi connectivity index (χ1v) is 5.83. The van der Waals surface area contributed by atoms with Gasteiger partial charge in [-0.2, -0.15) is 0 Å². The third-order valence-electron chi connectivity index (χ3n) is 3.34. The van der Waals surface area contributed by atoms with Crippen LogP contribution in [0.15, 0.2) is 18.2 Å². The molecule has 0 aliphatic heterocycles. The molecule has 0 heterocycles. The monoisotopic (exact) mass is 239 g/mol. The lowest BCUT2D eigenvalue weighted by molar-refractivity contribution is 0.207. The first-order valence-electron chi connectivity index (χ1n) is 5.83. The van der Waals surface area contributed by atoms with E-state index in [2.05, 4.69) is 5.32 Å². The molecule has 1 fully saturated rings. The second kappa shape index (κ2) is 5.02. The smallest absolute Gasteiger partial charge is 0.165 e. The van der Waals surface area contributed by atoms with Crippen molar-refractivity contribution in [1.82, 2.24) is 5.32 Å². The van der Waals surface area contributed by atoms with Gasteiger partial charge in [0.15, 0.2) is 11.6 Å². The van der Waals surface area contributed by atoms with Crippen LogP contribution in [0.2, 0.25) is 0 Å². The van der Waals surface area contributed by atoms with Gasteiger partial charge in [-0.1, -0.05) is 6.07 Å². The number of rotatable bonds is 6. The zero-order valence-corrected chi connectivity index (χ0v) is 10.0. The van der Waals surface area contributed by atoms with Crippen LogP contribution < -0.4 is 10.1 Å². The molecule has 1 aliphatic carbocycles. The SMILES string of the molecule is COc1ccc(CNCC2(CO)CC2)cc1F. The highest BCUT2D eigenvalue weighted by molar-refractivity contribution is 5.29. The van der Waals surface area contributed by atoms with E-state index in [1.807, 2.05) is 6.07 Å². The van der Waals surface area contributed by atoms with Gasteiger partial charge >= 0.3 is 0 Å². The van der Waals surface area contributed by atoms with Crippen LogP contribution in [0, 0.1) is 11.2 Å². The van der Waals surface area contributed by atoms with Crippen molar-refractivity contribution in [1.29, 1.82) is 0 Å². The molecule has 17 heavy (non-hydrogen) atoms. The lowest BCUT2D eigenvalue weighted by Gasteiger charge is -2.13. The van der Waals surface area contributed by atoms with Crippen LogP contribution in [0.4, 0.5) is 4.39 Å². The van der Waals surface area contributed by atoms with Crippen molar-refractivity contribution in [3.63, 3.8) is 0 Å².